The highest BCUT2D eigenvalue weighted by Crippen LogP contribution is 2.34. The summed E-state index contributed by atoms with van der Waals surface area (Å²) >= 11 is 1.56. The van der Waals surface area contributed by atoms with E-state index >= 15 is 0 Å². The van der Waals surface area contributed by atoms with Gasteiger partial charge in [-0.2, -0.15) is 0 Å². The number of hydrogen-bond donors (Lipinski definition) is 1. The van der Waals surface area contributed by atoms with Gasteiger partial charge in [-0.15, -0.1) is 0 Å². The van der Waals surface area contributed by atoms with Crippen molar-refractivity contribution >= 4 is 23.4 Å². The molecule has 0 saturated carbocycles. The van der Waals surface area contributed by atoms with Gasteiger partial charge < -0.3 is 5.32 Å². The molecule has 4 rings (SSSR count). The fraction of sp³-hybridized carbons (Fsp3) is 0.375. The number of aromatic nitrogens is 3. The van der Waals surface area contributed by atoms with Gasteiger partial charge in [-0.05, 0) is 31.4 Å². The molecular weight excluding hydrogens is 312 g/mol. The molecular formula is C16H16N4O2S. The first-order valence-electron chi connectivity index (χ1n) is 7.69. The lowest BCUT2D eigenvalue weighted by molar-refractivity contribution is -0.116. The minimum Gasteiger partial charge on any atom is -0.325 e. The zero-order valence-corrected chi connectivity index (χ0v) is 13.3. The van der Waals surface area contributed by atoms with E-state index in [0.29, 0.717) is 11.4 Å². The number of carbonyl (C=O) groups excluding carboxylic acids is 1. The Bertz CT molecular complexity index is 819. The Balaban J connectivity index is 1.55. The van der Waals surface area contributed by atoms with Gasteiger partial charge in [0.1, 0.15) is 0 Å². The summed E-state index contributed by atoms with van der Waals surface area (Å²) in [6.45, 7) is 0. The first-order chi connectivity index (χ1) is 11.2. The van der Waals surface area contributed by atoms with Gasteiger partial charge in [0, 0.05) is 23.9 Å². The van der Waals surface area contributed by atoms with Crippen molar-refractivity contribution < 1.29 is 4.79 Å². The van der Waals surface area contributed by atoms with Crippen LogP contribution in [-0.4, -0.2) is 26.2 Å². The quantitative estimate of drug-likeness (QED) is 0.870. The van der Waals surface area contributed by atoms with E-state index in [1.54, 1.807) is 40.9 Å². The zero-order valence-electron chi connectivity index (χ0n) is 12.5. The molecule has 2 aromatic rings. The van der Waals surface area contributed by atoms with Crippen molar-refractivity contribution in [1.82, 2.24) is 14.5 Å². The number of pyridine rings is 1. The van der Waals surface area contributed by atoms with Gasteiger partial charge >= 0.3 is 0 Å². The molecule has 3 heterocycles. The summed E-state index contributed by atoms with van der Waals surface area (Å²) in [6.07, 6.45) is 6.24. The summed E-state index contributed by atoms with van der Waals surface area (Å²) < 4.78 is 1.72. The molecule has 2 aromatic heterocycles. The average Bonchev–Trinajstić information content (AvgIpc) is 3.16. The van der Waals surface area contributed by atoms with Gasteiger partial charge in [0.05, 0.1) is 23.6 Å². The normalized spacial score (nSPS) is 18.5. The lowest BCUT2D eigenvalue weighted by Gasteiger charge is -2.14. The first-order valence-corrected chi connectivity index (χ1v) is 8.68. The maximum atomic E-state index is 12.7. The fourth-order valence-corrected chi connectivity index (χ4v) is 4.32. The molecule has 23 heavy (non-hydrogen) atoms. The van der Waals surface area contributed by atoms with Crippen LogP contribution in [0, 0.1) is 0 Å². The number of rotatable bonds is 3. The maximum Gasteiger partial charge on any atom is 0.257 e. The number of nitrogens with one attached hydrogen (secondary N) is 1. The molecule has 1 unspecified atom stereocenters. The van der Waals surface area contributed by atoms with E-state index in [4.69, 9.17) is 0 Å². The largest absolute Gasteiger partial charge is 0.325 e. The Kier molecular flexibility index (Phi) is 3.65. The lowest BCUT2D eigenvalue weighted by atomic mass is 10.2. The van der Waals surface area contributed by atoms with E-state index < -0.39 is 0 Å². The summed E-state index contributed by atoms with van der Waals surface area (Å²) in [5.41, 5.74) is 2.51. The maximum absolute atomic E-state index is 12.7. The summed E-state index contributed by atoms with van der Waals surface area (Å²) in [5.74, 6) is 0.606. The molecule has 1 N–H and O–H groups in total. The second-order valence-corrected chi connectivity index (χ2v) is 6.79. The Morgan fingerprint density at radius 2 is 2.35 bits per heavy atom. The van der Waals surface area contributed by atoms with Crippen molar-refractivity contribution in [3.05, 3.63) is 46.1 Å². The van der Waals surface area contributed by atoms with Gasteiger partial charge in [0.2, 0.25) is 5.91 Å². The van der Waals surface area contributed by atoms with Crippen LogP contribution in [0.25, 0.3) is 0 Å². The van der Waals surface area contributed by atoms with Crippen molar-refractivity contribution in [3.8, 4) is 0 Å². The predicted octanol–water partition coefficient (Wildman–Crippen LogP) is 1.80. The molecule has 1 atom stereocenters. The number of aryl methyl sites for hydroxylation is 1. The molecule has 6 nitrogen and oxygen atoms in total. The standard InChI is InChI=1S/C16H16N4O2S/c21-14(18-10-3-2-6-17-8-10)7-11-9-23-16-19-13-5-1-4-12(13)15(22)20(11)16/h2-3,6,8,11H,1,4-5,7,9H2,(H,18,21). The molecule has 7 heteroatoms. The molecule has 2 aliphatic rings. The summed E-state index contributed by atoms with van der Waals surface area (Å²) in [5, 5.41) is 3.58. The predicted molar refractivity (Wildman–Crippen MR) is 87.8 cm³/mol. The van der Waals surface area contributed by atoms with E-state index in [2.05, 4.69) is 15.3 Å². The van der Waals surface area contributed by atoms with Crippen LogP contribution in [0.5, 0.6) is 0 Å². The number of fused-ring (bicyclic) bond motifs is 2. The number of anilines is 1. The minimum atomic E-state index is -0.127. The molecule has 1 aliphatic carbocycles. The Morgan fingerprint density at radius 1 is 1.43 bits per heavy atom. The molecule has 0 bridgehead atoms. The zero-order chi connectivity index (χ0) is 15.8. The molecule has 0 spiro atoms. The third-order valence-corrected chi connectivity index (χ3v) is 5.34. The van der Waals surface area contributed by atoms with Gasteiger partial charge in [0.15, 0.2) is 5.16 Å². The average molecular weight is 328 g/mol. The van der Waals surface area contributed by atoms with Crippen molar-refractivity contribution in [2.45, 2.75) is 36.9 Å². The summed E-state index contributed by atoms with van der Waals surface area (Å²) in [6, 6.07) is 3.44. The van der Waals surface area contributed by atoms with E-state index in [1.165, 1.54) is 0 Å². The van der Waals surface area contributed by atoms with Gasteiger partial charge in [-0.25, -0.2) is 4.98 Å². The van der Waals surface area contributed by atoms with Crippen molar-refractivity contribution in [3.63, 3.8) is 0 Å². The molecule has 0 saturated heterocycles. The number of thioether (sulfide) groups is 1. The monoisotopic (exact) mass is 328 g/mol. The third kappa shape index (κ3) is 2.65. The van der Waals surface area contributed by atoms with Gasteiger partial charge in [-0.1, -0.05) is 11.8 Å². The van der Waals surface area contributed by atoms with Crippen molar-refractivity contribution in [1.29, 1.82) is 0 Å². The highest BCUT2D eigenvalue weighted by molar-refractivity contribution is 7.99. The van der Waals surface area contributed by atoms with E-state index in [1.807, 2.05) is 0 Å². The van der Waals surface area contributed by atoms with Gasteiger partial charge in [-0.3, -0.25) is 19.1 Å². The Labute approximate surface area is 137 Å². The third-order valence-electron chi connectivity index (χ3n) is 4.24. The van der Waals surface area contributed by atoms with Crippen molar-refractivity contribution in [2.24, 2.45) is 0 Å². The SMILES string of the molecule is O=C(CC1CSc2nc3c(c(=O)n21)CCC3)Nc1cccnc1. The molecule has 1 aliphatic heterocycles. The summed E-state index contributed by atoms with van der Waals surface area (Å²) in [4.78, 5) is 33.5. The molecule has 0 aromatic carbocycles. The molecule has 0 fully saturated rings. The van der Waals surface area contributed by atoms with Crippen LogP contribution in [0.15, 0.2) is 34.5 Å². The highest BCUT2D eigenvalue weighted by atomic mass is 32.2. The molecule has 1 amide bonds. The van der Waals surface area contributed by atoms with Crippen LogP contribution in [0.2, 0.25) is 0 Å². The smallest absolute Gasteiger partial charge is 0.257 e. The second kappa shape index (κ2) is 5.81. The minimum absolute atomic E-state index is 0.0478. The molecule has 118 valence electrons. The topological polar surface area (TPSA) is 76.9 Å². The van der Waals surface area contributed by atoms with Crippen LogP contribution >= 0.6 is 11.8 Å². The van der Waals surface area contributed by atoms with Crippen LogP contribution in [-0.2, 0) is 17.6 Å². The highest BCUT2D eigenvalue weighted by Gasteiger charge is 2.31. The van der Waals surface area contributed by atoms with Crippen molar-refractivity contribution in [2.75, 3.05) is 11.1 Å². The van der Waals surface area contributed by atoms with Crippen LogP contribution in [0.3, 0.4) is 0 Å². The number of hydrogen-bond acceptors (Lipinski definition) is 5. The number of amides is 1. The lowest BCUT2D eigenvalue weighted by Crippen LogP contribution is -2.30. The molecule has 0 radical (unpaired) electrons. The van der Waals surface area contributed by atoms with E-state index in [-0.39, 0.29) is 23.9 Å². The Morgan fingerprint density at radius 3 is 3.17 bits per heavy atom. The first kappa shape index (κ1) is 14.4. The van der Waals surface area contributed by atoms with Crippen LogP contribution in [0.4, 0.5) is 5.69 Å². The van der Waals surface area contributed by atoms with Gasteiger partial charge in [0.25, 0.3) is 5.56 Å². The van der Waals surface area contributed by atoms with E-state index in [9.17, 15) is 9.59 Å². The second-order valence-electron chi connectivity index (χ2n) is 5.81. The van der Waals surface area contributed by atoms with Crippen LogP contribution in [0.1, 0.15) is 30.1 Å². The Hall–Kier alpha value is -2.15. The number of carbonyl (C=O) groups is 1. The van der Waals surface area contributed by atoms with Crippen LogP contribution < -0.4 is 10.9 Å². The fourth-order valence-electron chi connectivity index (χ4n) is 3.17. The van der Waals surface area contributed by atoms with E-state index in [0.717, 1.165) is 35.7 Å². The number of nitrogens with zero attached hydrogens (tertiary/aromatic N) is 3. The summed E-state index contributed by atoms with van der Waals surface area (Å²) in [7, 11) is 0.